The lowest BCUT2D eigenvalue weighted by molar-refractivity contribution is 1.07. The standard InChI is InChI=1S/C51H34N4/c1-4-13-35(14-5-1)37-23-27-39(28-24-37)49-52-50(40-29-25-38(26-30-40)36-15-6-2-7-16-36)54-51(53-49)43-18-12-17-41(33-43)42-31-32-46-45-21-10-11-22-47(45)55(48(46)34-42)44-19-8-3-9-20-44/h1-34H/i3D,8D,9D,10D,11D,19D,20D,21D,22D,31D,32D,34D. The van der Waals surface area contributed by atoms with E-state index in [0.29, 0.717) is 17.2 Å². The van der Waals surface area contributed by atoms with E-state index in [-0.39, 0.29) is 38.8 Å². The Morgan fingerprint density at radius 2 is 0.818 bits per heavy atom. The van der Waals surface area contributed by atoms with Crippen LogP contribution < -0.4 is 0 Å². The highest BCUT2D eigenvalue weighted by Gasteiger charge is 2.16. The predicted octanol–water partition coefficient (Wildman–Crippen LogP) is 13.0. The molecule has 0 spiro atoms. The van der Waals surface area contributed by atoms with Crippen LogP contribution in [0.2, 0.25) is 0 Å². The van der Waals surface area contributed by atoms with E-state index in [4.69, 9.17) is 27.3 Å². The van der Waals surface area contributed by atoms with Crippen LogP contribution in [0.25, 0.3) is 95.0 Å². The molecule has 0 radical (unpaired) electrons. The van der Waals surface area contributed by atoms with Crippen molar-refractivity contribution in [3.8, 4) is 73.2 Å². The summed E-state index contributed by atoms with van der Waals surface area (Å²) in [5.74, 6) is 1.04. The summed E-state index contributed by atoms with van der Waals surface area (Å²) in [4.78, 5) is 14.8. The van der Waals surface area contributed by atoms with Gasteiger partial charge in [-0.05, 0) is 63.6 Å². The Bertz CT molecular complexity index is 3510. The minimum absolute atomic E-state index is 0.0754. The highest BCUT2D eigenvalue weighted by atomic mass is 15.0. The fourth-order valence-corrected chi connectivity index (χ4v) is 6.70. The minimum Gasteiger partial charge on any atom is -0.309 e. The van der Waals surface area contributed by atoms with Gasteiger partial charge in [0.2, 0.25) is 0 Å². The lowest BCUT2D eigenvalue weighted by atomic mass is 10.0. The van der Waals surface area contributed by atoms with Gasteiger partial charge in [-0.15, -0.1) is 0 Å². The molecule has 258 valence electrons. The second-order valence-corrected chi connectivity index (χ2v) is 12.8. The predicted molar refractivity (Wildman–Crippen MR) is 227 cm³/mol. The van der Waals surface area contributed by atoms with Gasteiger partial charge in [-0.25, -0.2) is 15.0 Å². The van der Waals surface area contributed by atoms with E-state index in [1.807, 2.05) is 109 Å². The number of hydrogen-bond acceptors (Lipinski definition) is 3. The first-order valence-electron chi connectivity index (χ1n) is 23.5. The zero-order valence-electron chi connectivity index (χ0n) is 41.0. The van der Waals surface area contributed by atoms with E-state index in [9.17, 15) is 4.11 Å². The van der Waals surface area contributed by atoms with E-state index in [0.717, 1.165) is 37.9 Å². The maximum Gasteiger partial charge on any atom is 0.164 e. The summed E-state index contributed by atoms with van der Waals surface area (Å²) in [6, 6.07) is 35.2. The monoisotopic (exact) mass is 714 g/mol. The van der Waals surface area contributed by atoms with Crippen molar-refractivity contribution in [3.05, 3.63) is 206 Å². The molecule has 0 amide bonds. The number of nitrogens with zero attached hydrogens (tertiary/aromatic N) is 4. The Morgan fingerprint density at radius 1 is 0.345 bits per heavy atom. The Morgan fingerprint density at radius 3 is 1.44 bits per heavy atom. The fraction of sp³-hybridized carbons (Fsp3) is 0. The normalized spacial score (nSPS) is 14.3. The summed E-state index contributed by atoms with van der Waals surface area (Å²) in [6.45, 7) is 0. The van der Waals surface area contributed by atoms with E-state index in [2.05, 4.69) is 0 Å². The Kier molecular flexibility index (Phi) is 5.52. The molecule has 0 aliphatic carbocycles. The van der Waals surface area contributed by atoms with Crippen molar-refractivity contribution in [3.63, 3.8) is 0 Å². The van der Waals surface area contributed by atoms with Crippen molar-refractivity contribution >= 4 is 21.8 Å². The average Bonchev–Trinajstić information content (AvgIpc) is 3.72. The first-order valence-corrected chi connectivity index (χ1v) is 17.5. The van der Waals surface area contributed by atoms with Gasteiger partial charge in [0.15, 0.2) is 17.5 Å². The van der Waals surface area contributed by atoms with Gasteiger partial charge in [-0.3, -0.25) is 0 Å². The van der Waals surface area contributed by atoms with Crippen LogP contribution in [0.4, 0.5) is 0 Å². The van der Waals surface area contributed by atoms with Gasteiger partial charge >= 0.3 is 0 Å². The number of benzene rings is 8. The zero-order valence-corrected chi connectivity index (χ0v) is 29.0. The van der Waals surface area contributed by atoms with Crippen LogP contribution in [-0.2, 0) is 0 Å². The Hall–Kier alpha value is -7.43. The third-order valence-corrected chi connectivity index (χ3v) is 9.41. The van der Waals surface area contributed by atoms with E-state index in [1.165, 1.54) is 0 Å². The highest BCUT2D eigenvalue weighted by molar-refractivity contribution is 6.10. The van der Waals surface area contributed by atoms with Gasteiger partial charge in [-0.2, -0.15) is 0 Å². The van der Waals surface area contributed by atoms with E-state index >= 15 is 0 Å². The van der Waals surface area contributed by atoms with Crippen molar-refractivity contribution in [1.29, 1.82) is 0 Å². The second kappa shape index (κ2) is 13.8. The molecule has 55 heavy (non-hydrogen) atoms. The molecule has 0 N–H and O–H groups in total. The molecule has 4 nitrogen and oxygen atoms in total. The van der Waals surface area contributed by atoms with Crippen LogP contribution in [-0.4, -0.2) is 19.5 Å². The molecule has 0 aliphatic heterocycles. The first-order chi connectivity index (χ1) is 32.2. The molecule has 8 aromatic carbocycles. The topological polar surface area (TPSA) is 43.6 Å². The molecule has 10 aromatic rings. The maximum absolute atomic E-state index is 9.77. The van der Waals surface area contributed by atoms with Crippen molar-refractivity contribution in [2.24, 2.45) is 0 Å². The van der Waals surface area contributed by atoms with Crippen LogP contribution >= 0.6 is 0 Å². The van der Waals surface area contributed by atoms with Gasteiger partial charge in [-0.1, -0.05) is 176 Å². The molecule has 10 rings (SSSR count). The quantitative estimate of drug-likeness (QED) is 0.165. The summed E-state index contributed by atoms with van der Waals surface area (Å²) in [5.41, 5.74) is 5.24. The number of hydrogen-bond donors (Lipinski definition) is 0. The van der Waals surface area contributed by atoms with Gasteiger partial charge in [0.25, 0.3) is 0 Å². The van der Waals surface area contributed by atoms with Gasteiger partial charge in [0.05, 0.1) is 27.5 Å². The minimum atomic E-state index is -0.704. The molecule has 0 bridgehead atoms. The number of fused-ring (bicyclic) bond motifs is 3. The lowest BCUT2D eigenvalue weighted by Crippen LogP contribution is -2.00. The molecule has 0 aliphatic rings. The maximum atomic E-state index is 9.77. The first kappa shape index (κ1) is 21.9. The van der Waals surface area contributed by atoms with Crippen LogP contribution in [0.1, 0.15) is 16.4 Å². The molecular formula is C51H34N4. The molecule has 0 saturated heterocycles. The summed E-state index contributed by atoms with van der Waals surface area (Å²) in [6.07, 6.45) is 0. The van der Waals surface area contributed by atoms with E-state index < -0.39 is 78.2 Å². The smallest absolute Gasteiger partial charge is 0.164 e. The number of aromatic nitrogens is 4. The molecule has 0 saturated carbocycles. The second-order valence-electron chi connectivity index (χ2n) is 12.8. The third-order valence-electron chi connectivity index (χ3n) is 9.41. The largest absolute Gasteiger partial charge is 0.309 e. The van der Waals surface area contributed by atoms with Crippen molar-refractivity contribution < 1.29 is 16.4 Å². The van der Waals surface area contributed by atoms with Crippen molar-refractivity contribution in [1.82, 2.24) is 19.5 Å². The average molecular weight is 715 g/mol. The van der Waals surface area contributed by atoms with Crippen LogP contribution in [0.3, 0.4) is 0 Å². The summed E-state index contributed by atoms with van der Waals surface area (Å²) < 4.78 is 107. The molecule has 0 fully saturated rings. The van der Waals surface area contributed by atoms with Gasteiger partial charge < -0.3 is 4.57 Å². The lowest BCUT2D eigenvalue weighted by Gasteiger charge is -2.11. The van der Waals surface area contributed by atoms with Crippen molar-refractivity contribution in [2.75, 3.05) is 0 Å². The Balaban J connectivity index is 1.19. The molecule has 4 heteroatoms. The fourth-order valence-electron chi connectivity index (χ4n) is 6.70. The van der Waals surface area contributed by atoms with Crippen LogP contribution in [0, 0.1) is 0 Å². The van der Waals surface area contributed by atoms with E-state index in [1.54, 1.807) is 24.3 Å². The van der Waals surface area contributed by atoms with Gasteiger partial charge in [0.1, 0.15) is 0 Å². The summed E-state index contributed by atoms with van der Waals surface area (Å²) >= 11 is 0. The highest BCUT2D eigenvalue weighted by Crippen LogP contribution is 2.36. The Labute approximate surface area is 336 Å². The third kappa shape index (κ3) is 6.16. The summed E-state index contributed by atoms with van der Waals surface area (Å²) in [7, 11) is 0. The number of para-hydroxylation sites is 2. The molecule has 0 unspecified atom stereocenters. The van der Waals surface area contributed by atoms with Crippen LogP contribution in [0.5, 0.6) is 0 Å². The number of rotatable bonds is 7. The molecule has 0 atom stereocenters. The summed E-state index contributed by atoms with van der Waals surface area (Å²) in [5, 5.41) is -0.425. The molecule has 2 heterocycles. The van der Waals surface area contributed by atoms with Gasteiger partial charge in [0, 0.05) is 33.2 Å². The molecular weight excluding hydrogens is 669 g/mol. The van der Waals surface area contributed by atoms with Crippen LogP contribution in [0.15, 0.2) is 206 Å². The molecule has 2 aromatic heterocycles. The zero-order chi connectivity index (χ0) is 47.0. The SMILES string of the molecule is [2H]c1c([2H])c([2H])c(-n2c3c([2H])c([2H])c([2H])c([2H])c3c3c([2H])c([2H])c(-c4cccc(-c5nc(-c6ccc(-c7ccccc7)cc6)nc(-c6ccc(-c7ccccc7)cc6)n5)c4)c([2H])c32)c([2H])c1[2H]. The van der Waals surface area contributed by atoms with Crippen molar-refractivity contribution in [2.45, 2.75) is 0 Å².